The van der Waals surface area contributed by atoms with Crippen LogP contribution in [0.15, 0.2) is 24.3 Å². The van der Waals surface area contributed by atoms with Crippen LogP contribution in [0.4, 0.5) is 11.6 Å². The molecule has 2 aliphatic rings. The maximum absolute atomic E-state index is 11.7. The lowest BCUT2D eigenvalue weighted by Crippen LogP contribution is -2.50. The molecule has 3 heterocycles. The summed E-state index contributed by atoms with van der Waals surface area (Å²) in [5.41, 5.74) is 1.75. The number of anilines is 2. The number of carbonyl (C=O) groups excluding carboxylic acids is 1. The Bertz CT molecular complexity index is 785. The molecule has 8 heteroatoms. The third-order valence-electron chi connectivity index (χ3n) is 4.91. The van der Waals surface area contributed by atoms with Crippen molar-refractivity contribution in [1.29, 1.82) is 0 Å². The molecule has 2 saturated heterocycles. The lowest BCUT2D eigenvalue weighted by molar-refractivity contribution is -0.134. The Balaban J connectivity index is 1.65. The number of fused-ring (bicyclic) bond motifs is 1. The molecule has 0 aliphatic carbocycles. The second-order valence-corrected chi connectivity index (χ2v) is 6.48. The van der Waals surface area contributed by atoms with Gasteiger partial charge in [-0.25, -0.2) is 9.97 Å². The van der Waals surface area contributed by atoms with Crippen LogP contribution in [0, 0.1) is 0 Å². The van der Waals surface area contributed by atoms with Gasteiger partial charge in [0, 0.05) is 39.3 Å². The van der Waals surface area contributed by atoms with Crippen LogP contribution in [0.3, 0.4) is 0 Å². The van der Waals surface area contributed by atoms with Crippen molar-refractivity contribution in [2.45, 2.75) is 0 Å². The molecule has 2 fully saturated rings. The van der Waals surface area contributed by atoms with Crippen molar-refractivity contribution < 1.29 is 14.6 Å². The standard InChI is InChI=1S/C18H23N5O3/c24-13-16(25)21-5-7-22(8-6-21)17-18(23-9-11-26-12-10-23)20-15-4-2-1-3-14(15)19-17/h1-4,24H,5-13H2. The second-order valence-electron chi connectivity index (χ2n) is 6.48. The Morgan fingerprint density at radius 3 is 2.00 bits per heavy atom. The second kappa shape index (κ2) is 7.43. The van der Waals surface area contributed by atoms with E-state index in [1.54, 1.807) is 4.90 Å². The molecule has 1 aromatic heterocycles. The number of aliphatic hydroxyl groups is 1. The van der Waals surface area contributed by atoms with Crippen molar-refractivity contribution in [2.24, 2.45) is 0 Å². The predicted molar refractivity (Wildman–Crippen MR) is 98.4 cm³/mol. The van der Waals surface area contributed by atoms with E-state index in [1.165, 1.54) is 0 Å². The molecule has 4 rings (SSSR count). The predicted octanol–water partition coefficient (Wildman–Crippen LogP) is 0.107. The zero-order valence-corrected chi connectivity index (χ0v) is 14.7. The minimum atomic E-state index is -0.436. The van der Waals surface area contributed by atoms with Gasteiger partial charge in [0.1, 0.15) is 6.61 Å². The van der Waals surface area contributed by atoms with Crippen LogP contribution in [0.1, 0.15) is 0 Å². The van der Waals surface area contributed by atoms with Gasteiger partial charge in [0.25, 0.3) is 0 Å². The zero-order valence-electron chi connectivity index (χ0n) is 14.7. The summed E-state index contributed by atoms with van der Waals surface area (Å²) in [5.74, 6) is 1.53. The molecule has 1 aromatic carbocycles. The Hall–Kier alpha value is -2.45. The van der Waals surface area contributed by atoms with E-state index in [-0.39, 0.29) is 5.91 Å². The number of morpholine rings is 1. The molecule has 138 valence electrons. The van der Waals surface area contributed by atoms with E-state index in [4.69, 9.17) is 19.8 Å². The highest BCUT2D eigenvalue weighted by atomic mass is 16.5. The van der Waals surface area contributed by atoms with Crippen molar-refractivity contribution in [2.75, 3.05) is 68.9 Å². The maximum Gasteiger partial charge on any atom is 0.248 e. The first-order valence-corrected chi connectivity index (χ1v) is 8.99. The number of piperazine rings is 1. The van der Waals surface area contributed by atoms with Gasteiger partial charge in [0.15, 0.2) is 11.6 Å². The number of nitrogens with zero attached hydrogens (tertiary/aromatic N) is 5. The van der Waals surface area contributed by atoms with Crippen LogP contribution in [0.2, 0.25) is 0 Å². The lowest BCUT2D eigenvalue weighted by Gasteiger charge is -2.37. The summed E-state index contributed by atoms with van der Waals surface area (Å²) in [6, 6.07) is 7.89. The largest absolute Gasteiger partial charge is 0.387 e. The third kappa shape index (κ3) is 3.30. The monoisotopic (exact) mass is 357 g/mol. The number of carbonyl (C=O) groups is 1. The number of para-hydroxylation sites is 2. The van der Waals surface area contributed by atoms with Gasteiger partial charge in [-0.15, -0.1) is 0 Å². The fourth-order valence-corrected chi connectivity index (χ4v) is 3.45. The molecule has 0 bridgehead atoms. The van der Waals surface area contributed by atoms with E-state index < -0.39 is 6.61 Å². The van der Waals surface area contributed by atoms with Crippen LogP contribution >= 0.6 is 0 Å². The highest BCUT2D eigenvalue weighted by molar-refractivity contribution is 5.81. The highest BCUT2D eigenvalue weighted by Crippen LogP contribution is 2.29. The molecule has 1 amide bonds. The van der Waals surface area contributed by atoms with Crippen molar-refractivity contribution in [3.05, 3.63) is 24.3 Å². The molecule has 0 spiro atoms. The summed E-state index contributed by atoms with van der Waals surface area (Å²) in [4.78, 5) is 27.6. The molecule has 0 radical (unpaired) electrons. The number of hydrogen-bond donors (Lipinski definition) is 1. The van der Waals surface area contributed by atoms with Gasteiger partial charge < -0.3 is 24.5 Å². The number of hydrogen-bond acceptors (Lipinski definition) is 7. The smallest absolute Gasteiger partial charge is 0.248 e. The Kier molecular flexibility index (Phi) is 4.85. The summed E-state index contributed by atoms with van der Waals surface area (Å²) < 4.78 is 5.48. The van der Waals surface area contributed by atoms with E-state index in [0.29, 0.717) is 39.4 Å². The van der Waals surface area contributed by atoms with Gasteiger partial charge in [-0.05, 0) is 12.1 Å². The van der Waals surface area contributed by atoms with E-state index in [2.05, 4.69) is 9.80 Å². The zero-order chi connectivity index (χ0) is 17.9. The van der Waals surface area contributed by atoms with Crippen molar-refractivity contribution >= 4 is 28.6 Å². The van der Waals surface area contributed by atoms with Gasteiger partial charge in [-0.2, -0.15) is 0 Å². The summed E-state index contributed by atoms with van der Waals surface area (Å²) >= 11 is 0. The molecule has 0 saturated carbocycles. The van der Waals surface area contributed by atoms with Crippen LogP contribution in [-0.2, 0) is 9.53 Å². The first-order valence-electron chi connectivity index (χ1n) is 8.99. The Morgan fingerprint density at radius 1 is 0.923 bits per heavy atom. The first-order chi connectivity index (χ1) is 12.8. The van der Waals surface area contributed by atoms with Gasteiger partial charge in [0.2, 0.25) is 5.91 Å². The SMILES string of the molecule is O=C(CO)N1CCN(c2nc3ccccc3nc2N2CCOCC2)CC1. The van der Waals surface area contributed by atoms with Crippen LogP contribution in [0.25, 0.3) is 11.0 Å². The summed E-state index contributed by atoms with van der Waals surface area (Å²) in [6.45, 7) is 5.04. The number of ether oxygens (including phenoxy) is 1. The molecule has 26 heavy (non-hydrogen) atoms. The average molecular weight is 357 g/mol. The fraction of sp³-hybridized carbons (Fsp3) is 0.500. The lowest BCUT2D eigenvalue weighted by atomic mass is 10.2. The minimum Gasteiger partial charge on any atom is -0.387 e. The van der Waals surface area contributed by atoms with Gasteiger partial charge in [-0.1, -0.05) is 12.1 Å². The Labute approximate surface area is 152 Å². The van der Waals surface area contributed by atoms with E-state index in [9.17, 15) is 4.79 Å². The van der Waals surface area contributed by atoms with Gasteiger partial charge in [-0.3, -0.25) is 4.79 Å². The Morgan fingerprint density at radius 2 is 1.46 bits per heavy atom. The first kappa shape index (κ1) is 17.0. The van der Waals surface area contributed by atoms with Gasteiger partial charge in [0.05, 0.1) is 24.2 Å². The highest BCUT2D eigenvalue weighted by Gasteiger charge is 2.26. The van der Waals surface area contributed by atoms with E-state index in [0.717, 1.165) is 35.8 Å². The number of aliphatic hydroxyl groups excluding tert-OH is 1. The van der Waals surface area contributed by atoms with Crippen LogP contribution < -0.4 is 9.80 Å². The fourth-order valence-electron chi connectivity index (χ4n) is 3.45. The quantitative estimate of drug-likeness (QED) is 0.835. The van der Waals surface area contributed by atoms with Crippen LogP contribution in [0.5, 0.6) is 0 Å². The van der Waals surface area contributed by atoms with E-state index in [1.807, 2.05) is 24.3 Å². The molecule has 2 aromatic rings. The molecule has 0 atom stereocenters. The maximum atomic E-state index is 11.7. The van der Waals surface area contributed by atoms with Crippen molar-refractivity contribution in [3.63, 3.8) is 0 Å². The molecule has 1 N–H and O–H groups in total. The number of benzene rings is 1. The minimum absolute atomic E-state index is 0.220. The molecule has 0 unspecified atom stereocenters. The number of rotatable bonds is 3. The number of amides is 1. The summed E-state index contributed by atoms with van der Waals surface area (Å²) in [6.07, 6.45) is 0. The van der Waals surface area contributed by atoms with Crippen molar-refractivity contribution in [1.82, 2.24) is 14.9 Å². The normalized spacial score (nSPS) is 18.4. The van der Waals surface area contributed by atoms with Crippen LogP contribution in [-0.4, -0.2) is 85.0 Å². The van der Waals surface area contributed by atoms with Gasteiger partial charge >= 0.3 is 0 Å². The molecular weight excluding hydrogens is 334 g/mol. The summed E-state index contributed by atoms with van der Waals surface area (Å²) in [5, 5.41) is 9.06. The number of aromatic nitrogens is 2. The molecular formula is C18H23N5O3. The topological polar surface area (TPSA) is 82.0 Å². The average Bonchev–Trinajstić information content (AvgIpc) is 2.73. The third-order valence-corrected chi connectivity index (χ3v) is 4.91. The molecule has 8 nitrogen and oxygen atoms in total. The molecule has 2 aliphatic heterocycles. The summed E-state index contributed by atoms with van der Waals surface area (Å²) in [7, 11) is 0. The van der Waals surface area contributed by atoms with E-state index >= 15 is 0 Å². The van der Waals surface area contributed by atoms with Crippen molar-refractivity contribution in [3.8, 4) is 0 Å².